The monoisotopic (exact) mass is 315 g/mol. The summed E-state index contributed by atoms with van der Waals surface area (Å²) in [6, 6.07) is 18.1. The van der Waals surface area contributed by atoms with Crippen molar-refractivity contribution in [2.75, 3.05) is 12.8 Å². The first-order valence-electron chi connectivity index (χ1n) is 7.30. The van der Waals surface area contributed by atoms with Gasteiger partial charge in [0.1, 0.15) is 0 Å². The second-order valence-electron chi connectivity index (χ2n) is 5.26. The van der Waals surface area contributed by atoms with Gasteiger partial charge < -0.3 is 5.32 Å². The molecule has 0 fully saturated rings. The van der Waals surface area contributed by atoms with E-state index in [1.807, 2.05) is 42.5 Å². The Bertz CT molecular complexity index is 638. The van der Waals surface area contributed by atoms with Crippen LogP contribution in [0.1, 0.15) is 30.4 Å². The van der Waals surface area contributed by atoms with E-state index in [1.165, 1.54) is 18.1 Å². The summed E-state index contributed by atoms with van der Waals surface area (Å²) in [5.41, 5.74) is 2.39. The van der Waals surface area contributed by atoms with Crippen LogP contribution < -0.4 is 5.32 Å². The fourth-order valence-electron chi connectivity index (χ4n) is 2.50. The zero-order valence-electron chi connectivity index (χ0n) is 12.9. The molecular formula is C18H21NO2S. The molecule has 4 heteroatoms. The number of benzene rings is 2. The minimum Gasteiger partial charge on any atom is -0.356 e. The van der Waals surface area contributed by atoms with E-state index in [0.717, 1.165) is 11.3 Å². The van der Waals surface area contributed by atoms with Crippen molar-refractivity contribution in [3.05, 3.63) is 65.7 Å². The highest BCUT2D eigenvalue weighted by atomic mass is 32.2. The van der Waals surface area contributed by atoms with Crippen molar-refractivity contribution in [1.82, 2.24) is 5.32 Å². The van der Waals surface area contributed by atoms with Crippen molar-refractivity contribution in [1.29, 1.82) is 0 Å². The van der Waals surface area contributed by atoms with Crippen LogP contribution in [0.25, 0.3) is 0 Å². The zero-order chi connectivity index (χ0) is 15.9. The van der Waals surface area contributed by atoms with Gasteiger partial charge in [0.2, 0.25) is 5.91 Å². The van der Waals surface area contributed by atoms with Crippen LogP contribution >= 0.6 is 0 Å². The lowest BCUT2D eigenvalue weighted by Crippen LogP contribution is -2.22. The van der Waals surface area contributed by atoms with Crippen molar-refractivity contribution in [2.24, 2.45) is 0 Å². The van der Waals surface area contributed by atoms with E-state index in [2.05, 4.69) is 17.4 Å². The van der Waals surface area contributed by atoms with Gasteiger partial charge in [-0.15, -0.1) is 0 Å². The quantitative estimate of drug-likeness (QED) is 0.890. The predicted octanol–water partition coefficient (Wildman–Crippen LogP) is 3.08. The predicted molar refractivity (Wildman–Crippen MR) is 90.4 cm³/mol. The summed E-state index contributed by atoms with van der Waals surface area (Å²) >= 11 is 0. The van der Waals surface area contributed by atoms with Crippen LogP contribution in [0.15, 0.2) is 59.5 Å². The lowest BCUT2D eigenvalue weighted by Gasteiger charge is -2.18. The number of rotatable bonds is 6. The Kier molecular flexibility index (Phi) is 5.90. The first kappa shape index (κ1) is 16.4. The summed E-state index contributed by atoms with van der Waals surface area (Å²) in [6.07, 6.45) is 2.51. The van der Waals surface area contributed by atoms with Gasteiger partial charge in [-0.1, -0.05) is 42.5 Å². The van der Waals surface area contributed by atoms with E-state index in [0.29, 0.717) is 6.54 Å². The molecule has 2 atom stereocenters. The van der Waals surface area contributed by atoms with Gasteiger partial charge in [0.05, 0.1) is 0 Å². The molecule has 0 unspecified atom stereocenters. The summed E-state index contributed by atoms with van der Waals surface area (Å²) in [4.78, 5) is 11.9. The van der Waals surface area contributed by atoms with Gasteiger partial charge in [-0.25, -0.2) is 0 Å². The zero-order valence-corrected chi connectivity index (χ0v) is 13.7. The Morgan fingerprint density at radius 2 is 1.64 bits per heavy atom. The summed E-state index contributed by atoms with van der Waals surface area (Å²) in [5.74, 6) is 0.205. The van der Waals surface area contributed by atoms with Crippen LogP contribution in [-0.2, 0) is 15.6 Å². The first-order chi connectivity index (χ1) is 10.6. The summed E-state index contributed by atoms with van der Waals surface area (Å²) < 4.78 is 11.5. The third-order valence-corrected chi connectivity index (χ3v) is 4.56. The normalized spacial score (nSPS) is 13.4. The van der Waals surface area contributed by atoms with Crippen molar-refractivity contribution in [2.45, 2.75) is 24.2 Å². The SMILES string of the molecule is CC(=O)NCC[C@H](c1ccccc1)c1ccc([S@@](C)=O)cc1. The van der Waals surface area contributed by atoms with Crippen LogP contribution in [0.5, 0.6) is 0 Å². The number of hydrogen-bond donors (Lipinski definition) is 1. The molecular weight excluding hydrogens is 294 g/mol. The highest BCUT2D eigenvalue weighted by Gasteiger charge is 2.14. The highest BCUT2D eigenvalue weighted by molar-refractivity contribution is 7.84. The van der Waals surface area contributed by atoms with E-state index in [-0.39, 0.29) is 11.8 Å². The largest absolute Gasteiger partial charge is 0.356 e. The summed E-state index contributed by atoms with van der Waals surface area (Å²) in [6.45, 7) is 2.17. The molecule has 2 aromatic rings. The van der Waals surface area contributed by atoms with E-state index >= 15 is 0 Å². The van der Waals surface area contributed by atoms with Crippen molar-refractivity contribution in [3.63, 3.8) is 0 Å². The third kappa shape index (κ3) is 4.53. The molecule has 0 saturated heterocycles. The Morgan fingerprint density at radius 3 is 2.18 bits per heavy atom. The van der Waals surface area contributed by atoms with Crippen molar-refractivity contribution >= 4 is 16.7 Å². The average molecular weight is 315 g/mol. The molecule has 0 spiro atoms. The molecule has 1 amide bonds. The van der Waals surface area contributed by atoms with E-state index in [4.69, 9.17) is 0 Å². The Labute approximate surface area is 134 Å². The van der Waals surface area contributed by atoms with Crippen LogP contribution in [0.3, 0.4) is 0 Å². The molecule has 0 bridgehead atoms. The molecule has 0 aliphatic heterocycles. The molecule has 2 rings (SSSR count). The number of amides is 1. The van der Waals surface area contributed by atoms with Crippen LogP contribution in [0, 0.1) is 0 Å². The number of carbonyl (C=O) groups is 1. The number of hydrogen-bond acceptors (Lipinski definition) is 2. The van der Waals surface area contributed by atoms with Gasteiger partial charge in [0, 0.05) is 41.3 Å². The lowest BCUT2D eigenvalue weighted by molar-refractivity contribution is -0.118. The second kappa shape index (κ2) is 7.90. The maximum atomic E-state index is 11.5. The molecule has 0 heterocycles. The molecule has 0 aliphatic rings. The van der Waals surface area contributed by atoms with Gasteiger partial charge in [0.15, 0.2) is 0 Å². The minimum absolute atomic E-state index is 0.0106. The van der Waals surface area contributed by atoms with Crippen molar-refractivity contribution < 1.29 is 9.00 Å². The van der Waals surface area contributed by atoms with Gasteiger partial charge in [-0.3, -0.25) is 9.00 Å². The van der Waals surface area contributed by atoms with Gasteiger partial charge in [-0.05, 0) is 29.7 Å². The van der Waals surface area contributed by atoms with Crippen LogP contribution in [-0.4, -0.2) is 22.9 Å². The third-order valence-electron chi connectivity index (χ3n) is 3.62. The molecule has 0 radical (unpaired) electrons. The molecule has 3 nitrogen and oxygen atoms in total. The minimum atomic E-state index is -0.963. The molecule has 0 saturated carbocycles. The van der Waals surface area contributed by atoms with Crippen LogP contribution in [0.4, 0.5) is 0 Å². The summed E-state index contributed by atoms with van der Waals surface area (Å²) in [7, 11) is -0.963. The maximum Gasteiger partial charge on any atom is 0.216 e. The van der Waals surface area contributed by atoms with E-state index in [9.17, 15) is 9.00 Å². The molecule has 0 aromatic heterocycles. The number of carbonyl (C=O) groups excluding carboxylic acids is 1. The summed E-state index contributed by atoms with van der Waals surface area (Å²) in [5, 5.41) is 2.86. The molecule has 116 valence electrons. The average Bonchev–Trinajstić information content (AvgIpc) is 2.52. The van der Waals surface area contributed by atoms with Gasteiger partial charge >= 0.3 is 0 Å². The van der Waals surface area contributed by atoms with E-state index in [1.54, 1.807) is 6.26 Å². The Hall–Kier alpha value is -1.94. The fourth-order valence-corrected chi connectivity index (χ4v) is 3.01. The Morgan fingerprint density at radius 1 is 1.05 bits per heavy atom. The topological polar surface area (TPSA) is 46.2 Å². The maximum absolute atomic E-state index is 11.5. The van der Waals surface area contributed by atoms with Gasteiger partial charge in [-0.2, -0.15) is 0 Å². The van der Waals surface area contributed by atoms with Crippen LogP contribution in [0.2, 0.25) is 0 Å². The molecule has 0 aliphatic carbocycles. The Balaban J connectivity index is 2.23. The molecule has 1 N–H and O–H groups in total. The highest BCUT2D eigenvalue weighted by Crippen LogP contribution is 2.28. The van der Waals surface area contributed by atoms with Gasteiger partial charge in [0.25, 0.3) is 0 Å². The lowest BCUT2D eigenvalue weighted by atomic mass is 9.88. The standard InChI is InChI=1S/C18H21NO2S/c1-14(20)19-13-12-18(15-6-4-3-5-7-15)16-8-10-17(11-9-16)22(2)21/h3-11,18H,12-13H2,1-2H3,(H,19,20)/t18-,22-/m1/s1. The second-order valence-corrected chi connectivity index (χ2v) is 6.64. The number of nitrogens with one attached hydrogen (secondary N) is 1. The first-order valence-corrected chi connectivity index (χ1v) is 8.86. The fraction of sp³-hybridized carbons (Fsp3) is 0.278. The molecule has 22 heavy (non-hydrogen) atoms. The van der Waals surface area contributed by atoms with Crippen molar-refractivity contribution in [3.8, 4) is 0 Å². The smallest absolute Gasteiger partial charge is 0.216 e. The van der Waals surface area contributed by atoms with E-state index < -0.39 is 10.8 Å². The molecule has 2 aromatic carbocycles.